The van der Waals surface area contributed by atoms with Crippen LogP contribution in [-0.4, -0.2) is 59.9 Å². The Morgan fingerprint density at radius 2 is 1.42 bits per heavy atom. The maximum absolute atomic E-state index is 12.3. The zero-order valence-electron chi connectivity index (χ0n) is 29.9. The standard InChI is InChI=1S/C20H29ClN4O.C17H21ClN4O2/c1-13(20(5,6)12-26-19(2,3)4)23-18-24-16-10-14(21)11-22-17(16)25(18)15-8-7-9-15;18-11-9-14-16(19-10-11)22(12-3-1-4-12)17(20-14)21-15(23)7-6-13-5-2-8-24-13/h10-11,15H,1,7-9,12H2,2-6H3,(H,23,24);9-10,12-13H,1-8H2,(H,20,21,23). The number of anilines is 2. The van der Waals surface area contributed by atoms with Gasteiger partial charge in [0.2, 0.25) is 17.8 Å². The van der Waals surface area contributed by atoms with E-state index in [2.05, 4.69) is 75.9 Å². The molecule has 1 saturated heterocycles. The fourth-order valence-corrected chi connectivity index (χ4v) is 6.52. The largest absolute Gasteiger partial charge is 0.378 e. The van der Waals surface area contributed by atoms with E-state index in [1.54, 1.807) is 18.5 Å². The number of halogens is 2. The molecule has 1 atom stereocenters. The number of aromatic nitrogens is 6. The summed E-state index contributed by atoms with van der Waals surface area (Å²) in [6, 6.07) is 4.44. The van der Waals surface area contributed by atoms with Crippen molar-refractivity contribution in [2.45, 2.75) is 123 Å². The maximum atomic E-state index is 12.3. The van der Waals surface area contributed by atoms with Gasteiger partial charge in [-0.25, -0.2) is 19.9 Å². The Kier molecular flexibility index (Phi) is 11.1. The highest BCUT2D eigenvalue weighted by atomic mass is 35.5. The number of hydrogen-bond donors (Lipinski definition) is 2. The quantitative estimate of drug-likeness (QED) is 0.157. The Bertz CT molecular complexity index is 1830. The Hall–Kier alpha value is -3.25. The number of hydrogen-bond acceptors (Lipinski definition) is 8. The molecule has 50 heavy (non-hydrogen) atoms. The minimum absolute atomic E-state index is 0.0209. The third kappa shape index (κ3) is 8.61. The molecule has 1 aliphatic heterocycles. The van der Waals surface area contributed by atoms with Crippen LogP contribution in [0.15, 0.2) is 36.8 Å². The molecule has 4 aromatic rings. The third-order valence-electron chi connectivity index (χ3n) is 9.79. The number of nitrogens with one attached hydrogen (secondary N) is 2. The zero-order valence-corrected chi connectivity index (χ0v) is 31.4. The average Bonchev–Trinajstić information content (AvgIpc) is 3.72. The van der Waals surface area contributed by atoms with Gasteiger partial charge in [-0.15, -0.1) is 0 Å². The number of nitrogens with zero attached hydrogens (tertiary/aromatic N) is 6. The lowest BCUT2D eigenvalue weighted by Gasteiger charge is -2.33. The van der Waals surface area contributed by atoms with Crippen molar-refractivity contribution in [1.82, 2.24) is 29.1 Å². The Morgan fingerprint density at radius 1 is 0.880 bits per heavy atom. The summed E-state index contributed by atoms with van der Waals surface area (Å²) >= 11 is 12.1. The molecule has 13 heteroatoms. The molecule has 0 spiro atoms. The summed E-state index contributed by atoms with van der Waals surface area (Å²) in [6.07, 6.45) is 13.8. The van der Waals surface area contributed by atoms with Gasteiger partial charge < -0.3 is 14.8 Å². The van der Waals surface area contributed by atoms with Gasteiger partial charge in [0.05, 0.1) is 28.4 Å². The molecule has 2 aliphatic carbocycles. The average molecular weight is 726 g/mol. The van der Waals surface area contributed by atoms with Gasteiger partial charge >= 0.3 is 0 Å². The highest BCUT2D eigenvalue weighted by molar-refractivity contribution is 6.31. The summed E-state index contributed by atoms with van der Waals surface area (Å²) in [5, 5.41) is 7.56. The molecule has 5 heterocycles. The normalized spacial score (nSPS) is 18.4. The molecule has 2 N–H and O–H groups in total. The number of fused-ring (bicyclic) bond motifs is 2. The second-order valence-corrected chi connectivity index (χ2v) is 16.3. The van der Waals surface area contributed by atoms with E-state index in [0.717, 1.165) is 85.5 Å². The number of rotatable bonds is 11. The van der Waals surface area contributed by atoms with Crippen LogP contribution in [0.1, 0.15) is 111 Å². The molecular formula is C37H50Cl2N8O3. The number of pyridine rings is 2. The molecule has 11 nitrogen and oxygen atoms in total. The first-order chi connectivity index (χ1) is 23.8. The Labute approximate surface area is 304 Å². The molecule has 7 rings (SSSR count). The summed E-state index contributed by atoms with van der Waals surface area (Å²) in [5.74, 6) is 1.35. The lowest BCUT2D eigenvalue weighted by atomic mass is 9.90. The Morgan fingerprint density at radius 3 is 1.88 bits per heavy atom. The minimum atomic E-state index is -0.235. The number of amides is 1. The van der Waals surface area contributed by atoms with Crippen LogP contribution in [0.25, 0.3) is 22.3 Å². The van der Waals surface area contributed by atoms with Crippen molar-refractivity contribution in [2.24, 2.45) is 5.41 Å². The van der Waals surface area contributed by atoms with Crippen LogP contribution in [0.4, 0.5) is 11.9 Å². The summed E-state index contributed by atoms with van der Waals surface area (Å²) < 4.78 is 15.8. The monoisotopic (exact) mass is 724 g/mol. The van der Waals surface area contributed by atoms with Crippen LogP contribution in [-0.2, 0) is 14.3 Å². The van der Waals surface area contributed by atoms with Gasteiger partial charge in [0.15, 0.2) is 11.3 Å². The smallest absolute Gasteiger partial charge is 0.226 e. The summed E-state index contributed by atoms with van der Waals surface area (Å²) in [7, 11) is 0. The van der Waals surface area contributed by atoms with Crippen LogP contribution < -0.4 is 10.6 Å². The van der Waals surface area contributed by atoms with E-state index in [1.807, 2.05) is 6.07 Å². The fourth-order valence-electron chi connectivity index (χ4n) is 6.21. The molecule has 2 saturated carbocycles. The van der Waals surface area contributed by atoms with E-state index < -0.39 is 0 Å². The van der Waals surface area contributed by atoms with Crippen molar-refractivity contribution in [2.75, 3.05) is 23.8 Å². The lowest BCUT2D eigenvalue weighted by molar-refractivity contribution is -0.116. The molecule has 3 fully saturated rings. The maximum Gasteiger partial charge on any atom is 0.226 e. The molecule has 0 aromatic carbocycles. The van der Waals surface area contributed by atoms with Gasteiger partial charge in [-0.05, 0) is 90.7 Å². The van der Waals surface area contributed by atoms with E-state index in [0.29, 0.717) is 41.1 Å². The predicted molar refractivity (Wildman–Crippen MR) is 200 cm³/mol. The van der Waals surface area contributed by atoms with Crippen molar-refractivity contribution in [1.29, 1.82) is 0 Å². The summed E-state index contributed by atoms with van der Waals surface area (Å²) in [4.78, 5) is 30.6. The van der Waals surface area contributed by atoms with Crippen LogP contribution in [0.2, 0.25) is 10.0 Å². The van der Waals surface area contributed by atoms with E-state index >= 15 is 0 Å². The van der Waals surface area contributed by atoms with Gasteiger partial charge in [0, 0.05) is 48.6 Å². The van der Waals surface area contributed by atoms with Crippen molar-refractivity contribution in [3.05, 3.63) is 46.8 Å². The van der Waals surface area contributed by atoms with Gasteiger partial charge in [-0.2, -0.15) is 0 Å². The topological polar surface area (TPSA) is 121 Å². The second kappa shape index (κ2) is 15.2. The van der Waals surface area contributed by atoms with Crippen molar-refractivity contribution in [3.8, 4) is 0 Å². The van der Waals surface area contributed by atoms with Crippen LogP contribution in [0, 0.1) is 5.41 Å². The first kappa shape index (κ1) is 36.5. The van der Waals surface area contributed by atoms with Gasteiger partial charge in [0.1, 0.15) is 11.0 Å². The minimum Gasteiger partial charge on any atom is -0.378 e. The first-order valence-electron chi connectivity index (χ1n) is 17.9. The molecule has 1 amide bonds. The molecule has 3 aliphatic rings. The van der Waals surface area contributed by atoms with Crippen molar-refractivity contribution in [3.63, 3.8) is 0 Å². The Balaban J connectivity index is 0.000000173. The zero-order chi connectivity index (χ0) is 35.6. The number of ether oxygens (including phenoxy) is 2. The molecule has 270 valence electrons. The van der Waals surface area contributed by atoms with E-state index in [4.69, 9.17) is 37.7 Å². The number of carbonyl (C=O) groups is 1. The molecule has 0 bridgehead atoms. The summed E-state index contributed by atoms with van der Waals surface area (Å²) in [6.45, 7) is 16.1. The van der Waals surface area contributed by atoms with E-state index in [9.17, 15) is 4.79 Å². The first-order valence-corrected chi connectivity index (χ1v) is 18.6. The predicted octanol–water partition coefficient (Wildman–Crippen LogP) is 9.28. The SMILES string of the molecule is C=C(Nc1nc2cc(Cl)cnc2n1C1CCC1)C(C)(C)COC(C)(C)C.O=C(CCC1CCCO1)Nc1nc2cc(Cl)cnc2n1C1CCC1. The van der Waals surface area contributed by atoms with Crippen molar-refractivity contribution >= 4 is 63.3 Å². The van der Waals surface area contributed by atoms with Crippen LogP contribution in [0.3, 0.4) is 0 Å². The molecule has 0 radical (unpaired) electrons. The second-order valence-electron chi connectivity index (χ2n) is 15.4. The fraction of sp³-hybridized carbons (Fsp3) is 0.595. The van der Waals surface area contributed by atoms with E-state index in [-0.39, 0.29) is 23.0 Å². The number of carbonyl (C=O) groups excluding carboxylic acids is 1. The van der Waals surface area contributed by atoms with Crippen molar-refractivity contribution < 1.29 is 14.3 Å². The molecule has 4 aromatic heterocycles. The molecular weight excluding hydrogens is 675 g/mol. The van der Waals surface area contributed by atoms with Gasteiger partial charge in [-0.1, -0.05) is 43.6 Å². The van der Waals surface area contributed by atoms with E-state index in [1.165, 1.54) is 12.8 Å². The molecule has 1 unspecified atom stereocenters. The highest BCUT2D eigenvalue weighted by Gasteiger charge is 2.30. The lowest BCUT2D eigenvalue weighted by Crippen LogP contribution is -2.32. The van der Waals surface area contributed by atoms with Gasteiger partial charge in [-0.3, -0.25) is 19.2 Å². The van der Waals surface area contributed by atoms with Crippen LogP contribution >= 0.6 is 23.2 Å². The number of imidazole rings is 2. The third-order valence-corrected chi connectivity index (χ3v) is 10.2. The van der Waals surface area contributed by atoms with Gasteiger partial charge in [0.25, 0.3) is 0 Å². The summed E-state index contributed by atoms with van der Waals surface area (Å²) in [5.41, 5.74) is 3.66. The van der Waals surface area contributed by atoms with Crippen LogP contribution in [0.5, 0.6) is 0 Å². The highest BCUT2D eigenvalue weighted by Crippen LogP contribution is 2.39.